The van der Waals surface area contributed by atoms with Gasteiger partial charge in [0.05, 0.1) is 6.85 Å². The van der Waals surface area contributed by atoms with Crippen molar-refractivity contribution in [3.05, 3.63) is 151 Å². The first-order valence-corrected chi connectivity index (χ1v) is 14.9. The maximum absolute atomic E-state index is 9.66. The highest BCUT2D eigenvalue weighted by molar-refractivity contribution is 6.24. The first kappa shape index (κ1) is 19.5. The molecule has 0 bridgehead atoms. The van der Waals surface area contributed by atoms with E-state index in [0.29, 0.717) is 21.9 Å². The SMILES string of the molecule is [2H]c1c(-c2c3ccccc3c(-c3ccc4c5c(cccc35)CC=C4)c3ccccc23)c([2H])c2c([2H])c3oc4ccccc4c3c([2H])c2c1[2H]. The van der Waals surface area contributed by atoms with E-state index < -0.39 is 0 Å². The van der Waals surface area contributed by atoms with Gasteiger partial charge in [-0.1, -0.05) is 121 Å². The van der Waals surface area contributed by atoms with Gasteiger partial charge in [0.2, 0.25) is 0 Å². The highest BCUT2D eigenvalue weighted by Crippen LogP contribution is 2.47. The van der Waals surface area contributed by atoms with E-state index in [9.17, 15) is 6.85 Å². The fourth-order valence-corrected chi connectivity index (χ4v) is 7.25. The molecule has 1 aromatic heterocycles. The van der Waals surface area contributed by atoms with Crippen molar-refractivity contribution in [3.63, 3.8) is 0 Å². The minimum atomic E-state index is -0.166. The summed E-state index contributed by atoms with van der Waals surface area (Å²) in [7, 11) is 0. The normalized spacial score (nSPS) is 14.4. The number of benzene rings is 8. The van der Waals surface area contributed by atoms with Crippen molar-refractivity contribution in [2.24, 2.45) is 0 Å². The lowest BCUT2D eigenvalue weighted by molar-refractivity contribution is 0.669. The smallest absolute Gasteiger partial charge is 0.136 e. The van der Waals surface area contributed by atoms with E-state index in [1.165, 1.54) is 21.9 Å². The summed E-state index contributed by atoms with van der Waals surface area (Å²) in [6, 6.07) is 34.1. The monoisotopic (exact) mass is 563 g/mol. The average Bonchev–Trinajstić information content (AvgIpc) is 3.53. The summed E-state index contributed by atoms with van der Waals surface area (Å²) in [5, 5.41) is 7.53. The van der Waals surface area contributed by atoms with Gasteiger partial charge in [-0.2, -0.15) is 0 Å². The molecule has 44 heavy (non-hydrogen) atoms. The van der Waals surface area contributed by atoms with Crippen molar-refractivity contribution in [1.29, 1.82) is 0 Å². The van der Waals surface area contributed by atoms with E-state index in [0.717, 1.165) is 39.1 Å². The van der Waals surface area contributed by atoms with Gasteiger partial charge in [0.15, 0.2) is 0 Å². The summed E-state index contributed by atoms with van der Waals surface area (Å²) in [4.78, 5) is 0. The second-order valence-electron chi connectivity index (χ2n) is 11.5. The van der Waals surface area contributed by atoms with E-state index in [1.54, 1.807) is 6.07 Å². The van der Waals surface area contributed by atoms with Crippen molar-refractivity contribution in [1.82, 2.24) is 0 Å². The molecule has 0 spiro atoms. The molecule has 8 aromatic carbocycles. The Kier molecular flexibility index (Phi) is 3.96. The standard InChI is InChI=1S/C43H26O/c1-3-15-35-33(13-1)42(29-20-19-28-24-38-31-12-5-6-18-39(31)44-40(38)25-30(28)23-29)34-14-2-4-16-36(34)43(35)37-22-21-27-10-7-9-26-11-8-17-32(37)41(26)27/h1-8,10-25H,9H2/i19D,20D,23D,24D,25D. The Morgan fingerprint density at radius 2 is 1.23 bits per heavy atom. The quantitative estimate of drug-likeness (QED) is 0.191. The highest BCUT2D eigenvalue weighted by Gasteiger charge is 2.20. The van der Waals surface area contributed by atoms with Crippen molar-refractivity contribution < 1.29 is 11.3 Å². The summed E-state index contributed by atoms with van der Waals surface area (Å²) in [5.74, 6) is 0. The van der Waals surface area contributed by atoms with Gasteiger partial charge in [-0.15, -0.1) is 0 Å². The van der Waals surface area contributed by atoms with Crippen LogP contribution in [0, 0.1) is 0 Å². The second-order valence-corrected chi connectivity index (χ2v) is 11.5. The number of furan rings is 1. The zero-order valence-corrected chi connectivity index (χ0v) is 23.6. The van der Waals surface area contributed by atoms with E-state index in [4.69, 9.17) is 4.42 Å². The lowest BCUT2D eigenvalue weighted by atomic mass is 9.82. The van der Waals surface area contributed by atoms with Gasteiger partial charge in [0, 0.05) is 10.8 Å². The molecule has 0 saturated carbocycles. The predicted molar refractivity (Wildman–Crippen MR) is 187 cm³/mol. The minimum absolute atomic E-state index is 0.00672. The van der Waals surface area contributed by atoms with Crippen LogP contribution in [0.5, 0.6) is 0 Å². The molecule has 0 amide bonds. The van der Waals surface area contributed by atoms with Crippen LogP contribution >= 0.6 is 0 Å². The Balaban J connectivity index is 1.36. The zero-order valence-electron chi connectivity index (χ0n) is 28.6. The van der Waals surface area contributed by atoms with Gasteiger partial charge in [0.1, 0.15) is 11.2 Å². The molecule has 10 rings (SSSR count). The number of para-hydroxylation sites is 1. The Morgan fingerprint density at radius 3 is 2.02 bits per heavy atom. The third-order valence-corrected chi connectivity index (χ3v) is 9.14. The van der Waals surface area contributed by atoms with Crippen LogP contribution < -0.4 is 0 Å². The fourth-order valence-electron chi connectivity index (χ4n) is 7.25. The van der Waals surface area contributed by atoms with Crippen molar-refractivity contribution in [2.75, 3.05) is 0 Å². The lowest BCUT2D eigenvalue weighted by Gasteiger charge is -2.21. The summed E-state index contributed by atoms with van der Waals surface area (Å²) >= 11 is 0. The first-order chi connectivity index (χ1) is 23.9. The average molecular weight is 564 g/mol. The second kappa shape index (κ2) is 8.92. The number of allylic oxidation sites excluding steroid dienone is 1. The fraction of sp³-hybridized carbons (Fsp3) is 0.0233. The third kappa shape index (κ3) is 3.30. The van der Waals surface area contributed by atoms with Crippen LogP contribution in [-0.2, 0) is 6.42 Å². The molecule has 1 heterocycles. The van der Waals surface area contributed by atoms with Crippen LogP contribution in [-0.4, -0.2) is 0 Å². The molecular weight excluding hydrogens is 532 g/mol. The molecule has 1 aliphatic rings. The molecule has 0 atom stereocenters. The minimum Gasteiger partial charge on any atom is -0.456 e. The summed E-state index contributed by atoms with van der Waals surface area (Å²) in [5.41, 5.74) is 6.43. The topological polar surface area (TPSA) is 13.1 Å². The van der Waals surface area contributed by atoms with Crippen LogP contribution in [0.4, 0.5) is 0 Å². The van der Waals surface area contributed by atoms with E-state index in [2.05, 4.69) is 54.6 Å². The van der Waals surface area contributed by atoms with Crippen LogP contribution in [0.25, 0.3) is 93.4 Å². The largest absolute Gasteiger partial charge is 0.456 e. The molecule has 9 aromatic rings. The summed E-state index contributed by atoms with van der Waals surface area (Å²) in [6.45, 7) is 0. The molecule has 0 saturated heterocycles. The predicted octanol–water partition coefficient (Wildman–Crippen LogP) is 12.1. The Morgan fingerprint density at radius 1 is 0.523 bits per heavy atom. The molecule has 1 heteroatoms. The molecule has 0 aliphatic heterocycles. The lowest BCUT2D eigenvalue weighted by Crippen LogP contribution is -1.96. The van der Waals surface area contributed by atoms with Gasteiger partial charge < -0.3 is 4.42 Å². The molecule has 1 aliphatic carbocycles. The third-order valence-electron chi connectivity index (χ3n) is 9.14. The van der Waals surface area contributed by atoms with Crippen molar-refractivity contribution in [2.45, 2.75) is 6.42 Å². The Hall–Kier alpha value is -5.66. The first-order valence-electron chi connectivity index (χ1n) is 17.4. The molecular formula is C43H26O. The Bertz CT molecular complexity index is 2910. The van der Waals surface area contributed by atoms with Gasteiger partial charge in [-0.3, -0.25) is 0 Å². The zero-order chi connectivity index (χ0) is 33.1. The maximum atomic E-state index is 9.66. The van der Waals surface area contributed by atoms with Crippen molar-refractivity contribution >= 4 is 71.1 Å². The van der Waals surface area contributed by atoms with Crippen LogP contribution in [0.2, 0.25) is 0 Å². The van der Waals surface area contributed by atoms with E-state index in [-0.39, 0.29) is 52.1 Å². The van der Waals surface area contributed by atoms with Crippen molar-refractivity contribution in [3.8, 4) is 22.3 Å². The number of fused-ring (bicyclic) bond motifs is 6. The summed E-state index contributed by atoms with van der Waals surface area (Å²) < 4.78 is 53.0. The van der Waals surface area contributed by atoms with E-state index in [1.807, 2.05) is 54.6 Å². The van der Waals surface area contributed by atoms with E-state index >= 15 is 0 Å². The number of hydrogen-bond donors (Lipinski definition) is 0. The number of hydrogen-bond acceptors (Lipinski definition) is 1. The Labute approximate surface area is 261 Å². The summed E-state index contributed by atoms with van der Waals surface area (Å²) in [6.07, 6.45) is 5.30. The van der Waals surface area contributed by atoms with Gasteiger partial charge >= 0.3 is 0 Å². The molecule has 0 unspecified atom stereocenters. The van der Waals surface area contributed by atoms with Gasteiger partial charge in [-0.05, 0) is 107 Å². The van der Waals surface area contributed by atoms with Crippen LogP contribution in [0.3, 0.4) is 0 Å². The van der Waals surface area contributed by atoms with Gasteiger partial charge in [0.25, 0.3) is 0 Å². The molecule has 0 fully saturated rings. The van der Waals surface area contributed by atoms with Crippen LogP contribution in [0.1, 0.15) is 18.0 Å². The maximum Gasteiger partial charge on any atom is 0.136 e. The molecule has 204 valence electrons. The molecule has 1 nitrogen and oxygen atoms in total. The van der Waals surface area contributed by atoms with Gasteiger partial charge in [-0.25, -0.2) is 0 Å². The van der Waals surface area contributed by atoms with Crippen LogP contribution in [0.15, 0.2) is 144 Å². The highest BCUT2D eigenvalue weighted by atomic mass is 16.3. The number of rotatable bonds is 2. The molecule has 0 N–H and O–H groups in total. The molecule has 0 radical (unpaired) electrons.